The predicted octanol–water partition coefficient (Wildman–Crippen LogP) is 1.85. The van der Waals surface area contributed by atoms with Gasteiger partial charge in [0.25, 0.3) is 15.9 Å². The van der Waals surface area contributed by atoms with Gasteiger partial charge in [0.05, 0.1) is 23.4 Å². The number of esters is 1. The van der Waals surface area contributed by atoms with Crippen molar-refractivity contribution in [2.75, 3.05) is 7.11 Å². The highest BCUT2D eigenvalue weighted by Gasteiger charge is 2.30. The number of aromatic nitrogens is 1. The lowest BCUT2D eigenvalue weighted by atomic mass is 10.2. The van der Waals surface area contributed by atoms with Crippen LogP contribution in [0.5, 0.6) is 0 Å². The van der Waals surface area contributed by atoms with Crippen LogP contribution in [0.3, 0.4) is 0 Å². The van der Waals surface area contributed by atoms with Crippen molar-refractivity contribution in [1.82, 2.24) is 9.88 Å². The maximum atomic E-state index is 12.5. The maximum Gasteiger partial charge on any atom is 0.339 e. The highest BCUT2D eigenvalue weighted by Crippen LogP contribution is 2.26. The van der Waals surface area contributed by atoms with Crippen LogP contribution in [0.1, 0.15) is 32.2 Å². The van der Waals surface area contributed by atoms with E-state index >= 15 is 0 Å². The molecular formula is C14H13ClN2O6S. The predicted molar refractivity (Wildman–Crippen MR) is 83.4 cm³/mol. The Kier molecular flexibility index (Phi) is 4.95. The van der Waals surface area contributed by atoms with E-state index in [4.69, 9.17) is 16.1 Å². The summed E-state index contributed by atoms with van der Waals surface area (Å²) >= 11 is 5.92. The molecule has 10 heteroatoms. The van der Waals surface area contributed by atoms with Crippen LogP contribution < -0.4 is 4.72 Å². The van der Waals surface area contributed by atoms with Crippen LogP contribution in [0, 0.1) is 13.8 Å². The minimum atomic E-state index is -4.44. The normalized spacial score (nSPS) is 11.2. The monoisotopic (exact) mass is 372 g/mol. The van der Waals surface area contributed by atoms with Crippen LogP contribution in [-0.4, -0.2) is 32.6 Å². The van der Waals surface area contributed by atoms with Crippen molar-refractivity contribution in [2.45, 2.75) is 18.7 Å². The highest BCUT2D eigenvalue weighted by atomic mass is 35.5. The fourth-order valence-corrected chi connectivity index (χ4v) is 3.78. The van der Waals surface area contributed by atoms with Crippen LogP contribution >= 0.6 is 11.6 Å². The van der Waals surface area contributed by atoms with Crippen molar-refractivity contribution in [1.29, 1.82) is 0 Å². The Labute approximate surface area is 142 Å². The third-order valence-corrected chi connectivity index (χ3v) is 4.99. The zero-order valence-electron chi connectivity index (χ0n) is 12.9. The second kappa shape index (κ2) is 6.62. The molecule has 128 valence electrons. The number of rotatable bonds is 4. The van der Waals surface area contributed by atoms with Gasteiger partial charge in [0.15, 0.2) is 0 Å². The molecule has 0 fully saturated rings. The van der Waals surface area contributed by atoms with Gasteiger partial charge < -0.3 is 9.26 Å². The number of hydrogen-bond acceptors (Lipinski definition) is 7. The molecule has 0 saturated carbocycles. The molecule has 8 nitrogen and oxygen atoms in total. The largest absolute Gasteiger partial charge is 0.465 e. The van der Waals surface area contributed by atoms with E-state index in [1.54, 1.807) is 0 Å². The van der Waals surface area contributed by atoms with E-state index in [2.05, 4.69) is 9.89 Å². The summed E-state index contributed by atoms with van der Waals surface area (Å²) in [4.78, 5) is 23.5. The van der Waals surface area contributed by atoms with Crippen LogP contribution in [0.25, 0.3) is 0 Å². The number of nitrogens with one attached hydrogen (secondary N) is 1. The minimum Gasteiger partial charge on any atom is -0.465 e. The average Bonchev–Trinajstić information content (AvgIpc) is 2.84. The number of carbonyl (C=O) groups excluding carboxylic acids is 2. The summed E-state index contributed by atoms with van der Waals surface area (Å²) in [5.74, 6) is -1.68. The molecule has 0 aliphatic carbocycles. The van der Waals surface area contributed by atoms with Crippen molar-refractivity contribution < 1.29 is 27.3 Å². The Morgan fingerprint density at radius 3 is 2.50 bits per heavy atom. The number of benzene rings is 1. The quantitative estimate of drug-likeness (QED) is 0.814. The van der Waals surface area contributed by atoms with Gasteiger partial charge in [0.2, 0.25) is 0 Å². The SMILES string of the molecule is COC(=O)c1cccc(Cl)c1S(=O)(=O)NC(=O)c1c(C)noc1C. The zero-order chi connectivity index (χ0) is 18.1. The Morgan fingerprint density at radius 2 is 1.96 bits per heavy atom. The van der Waals surface area contributed by atoms with E-state index in [0.717, 1.165) is 7.11 Å². The topological polar surface area (TPSA) is 116 Å². The molecule has 0 spiro atoms. The average molecular weight is 373 g/mol. The first-order chi connectivity index (χ1) is 11.2. The number of hydrogen-bond donors (Lipinski definition) is 1. The van der Waals surface area contributed by atoms with Gasteiger partial charge in [-0.2, -0.15) is 0 Å². The Balaban J connectivity index is 2.49. The summed E-state index contributed by atoms with van der Waals surface area (Å²) in [6.07, 6.45) is 0. The van der Waals surface area contributed by atoms with Gasteiger partial charge >= 0.3 is 5.97 Å². The van der Waals surface area contributed by atoms with Gasteiger partial charge in [-0.1, -0.05) is 22.8 Å². The number of carbonyl (C=O) groups is 2. The molecular weight excluding hydrogens is 360 g/mol. The summed E-state index contributed by atoms with van der Waals surface area (Å²) < 4.78 is 36.3. The molecule has 0 radical (unpaired) electrons. The van der Waals surface area contributed by atoms with Crippen LogP contribution in [-0.2, 0) is 14.8 Å². The molecule has 1 N–H and O–H groups in total. The molecule has 1 aromatic carbocycles. The molecule has 0 atom stereocenters. The van der Waals surface area contributed by atoms with Gasteiger partial charge in [-0.3, -0.25) is 4.79 Å². The smallest absolute Gasteiger partial charge is 0.339 e. The van der Waals surface area contributed by atoms with Crippen molar-refractivity contribution in [3.63, 3.8) is 0 Å². The number of ether oxygens (including phenoxy) is 1. The van der Waals surface area contributed by atoms with Gasteiger partial charge in [0.1, 0.15) is 16.2 Å². The molecule has 1 amide bonds. The lowest BCUT2D eigenvalue weighted by Gasteiger charge is -2.11. The summed E-state index contributed by atoms with van der Waals surface area (Å²) in [6.45, 7) is 2.96. The van der Waals surface area contributed by atoms with Crippen LogP contribution in [0.2, 0.25) is 5.02 Å². The molecule has 0 saturated heterocycles. The van der Waals surface area contributed by atoms with Crippen LogP contribution in [0.4, 0.5) is 0 Å². The lowest BCUT2D eigenvalue weighted by molar-refractivity contribution is 0.0596. The van der Waals surface area contributed by atoms with Gasteiger partial charge in [-0.05, 0) is 26.0 Å². The summed E-state index contributed by atoms with van der Waals surface area (Å²) in [5, 5.41) is 3.36. The fourth-order valence-electron chi connectivity index (χ4n) is 2.08. The number of amides is 1. The molecule has 1 heterocycles. The first-order valence-corrected chi connectivity index (χ1v) is 8.42. The van der Waals surface area contributed by atoms with Gasteiger partial charge in [-0.15, -0.1) is 0 Å². The summed E-state index contributed by atoms with van der Waals surface area (Å²) in [5.41, 5.74) is -0.0677. The molecule has 1 aromatic heterocycles. The number of sulfonamides is 1. The third-order valence-electron chi connectivity index (χ3n) is 3.13. The number of methoxy groups -OCH3 is 1. The van der Waals surface area contributed by atoms with Gasteiger partial charge in [-0.25, -0.2) is 17.9 Å². The number of halogens is 1. The standard InChI is InChI=1S/C14H13ClN2O6S/c1-7-11(8(2)23-16-7)13(18)17-24(20,21)12-9(14(19)22-3)5-4-6-10(12)15/h4-6H,1-3H3,(H,17,18). The second-order valence-corrected chi connectivity index (χ2v) is 6.77. The van der Waals surface area contributed by atoms with Crippen LogP contribution in [0.15, 0.2) is 27.6 Å². The zero-order valence-corrected chi connectivity index (χ0v) is 14.5. The lowest BCUT2D eigenvalue weighted by Crippen LogP contribution is -2.32. The molecule has 0 aliphatic heterocycles. The van der Waals surface area contributed by atoms with Gasteiger partial charge in [0, 0.05) is 0 Å². The Morgan fingerprint density at radius 1 is 1.29 bits per heavy atom. The Hall–Kier alpha value is -2.39. The number of nitrogens with zero attached hydrogens (tertiary/aromatic N) is 1. The summed E-state index contributed by atoms with van der Waals surface area (Å²) in [7, 11) is -3.34. The van der Waals surface area contributed by atoms with E-state index in [1.165, 1.54) is 32.0 Å². The molecule has 2 aromatic rings. The fraction of sp³-hybridized carbons (Fsp3) is 0.214. The van der Waals surface area contributed by atoms with Crippen molar-refractivity contribution in [3.05, 3.63) is 45.8 Å². The van der Waals surface area contributed by atoms with E-state index < -0.39 is 26.8 Å². The van der Waals surface area contributed by atoms with E-state index in [-0.39, 0.29) is 27.6 Å². The highest BCUT2D eigenvalue weighted by molar-refractivity contribution is 7.90. The number of aryl methyl sites for hydroxylation is 2. The minimum absolute atomic E-state index is 0.00903. The molecule has 24 heavy (non-hydrogen) atoms. The van der Waals surface area contributed by atoms with E-state index in [9.17, 15) is 18.0 Å². The first-order valence-electron chi connectivity index (χ1n) is 6.56. The van der Waals surface area contributed by atoms with E-state index in [1.807, 2.05) is 4.72 Å². The maximum absolute atomic E-state index is 12.5. The van der Waals surface area contributed by atoms with Crippen molar-refractivity contribution in [2.24, 2.45) is 0 Å². The molecule has 0 bridgehead atoms. The van der Waals surface area contributed by atoms with Crippen molar-refractivity contribution >= 4 is 33.5 Å². The third kappa shape index (κ3) is 3.26. The van der Waals surface area contributed by atoms with E-state index in [0.29, 0.717) is 0 Å². The summed E-state index contributed by atoms with van der Waals surface area (Å²) in [6, 6.07) is 3.90. The molecule has 2 rings (SSSR count). The second-order valence-electron chi connectivity index (χ2n) is 4.74. The molecule has 0 unspecified atom stereocenters. The van der Waals surface area contributed by atoms with Crippen molar-refractivity contribution in [3.8, 4) is 0 Å². The Bertz CT molecular complexity index is 900. The molecule has 0 aliphatic rings. The first kappa shape index (κ1) is 18.0.